The maximum atomic E-state index is 12.1. The third-order valence-electron chi connectivity index (χ3n) is 4.21. The van der Waals surface area contributed by atoms with E-state index in [1.807, 2.05) is 36.4 Å². The molecule has 0 aliphatic heterocycles. The summed E-state index contributed by atoms with van der Waals surface area (Å²) in [5, 5.41) is 10.0. The molecule has 0 aliphatic rings. The van der Waals surface area contributed by atoms with E-state index in [0.717, 1.165) is 23.1 Å². The highest BCUT2D eigenvalue weighted by Gasteiger charge is 2.17. The first-order valence-electron chi connectivity index (χ1n) is 9.70. The van der Waals surface area contributed by atoms with Crippen LogP contribution in [-0.2, 0) is 14.3 Å². The third kappa shape index (κ3) is 6.31. The molecule has 0 atom stereocenters. The van der Waals surface area contributed by atoms with Gasteiger partial charge in [0.1, 0.15) is 5.57 Å². The van der Waals surface area contributed by atoms with Gasteiger partial charge >= 0.3 is 5.97 Å². The van der Waals surface area contributed by atoms with Gasteiger partial charge in [-0.3, -0.25) is 0 Å². The van der Waals surface area contributed by atoms with Crippen LogP contribution in [0.3, 0.4) is 0 Å². The van der Waals surface area contributed by atoms with Crippen LogP contribution in [0.1, 0.15) is 44.2 Å². The number of carbonyl (C=O) groups excluding carboxylic acids is 1. The number of aliphatic hydroxyl groups excluding tert-OH is 1. The van der Waals surface area contributed by atoms with Gasteiger partial charge in [0.2, 0.25) is 0 Å². The average Bonchev–Trinajstić information content (AvgIpc) is 2.72. The molecule has 2 aromatic carbocycles. The van der Waals surface area contributed by atoms with Crippen LogP contribution in [0, 0.1) is 0 Å². The first-order chi connectivity index (χ1) is 13.7. The largest absolute Gasteiger partial charge is 0.481 e. The van der Waals surface area contributed by atoms with Crippen LogP contribution in [-0.4, -0.2) is 24.3 Å². The minimum Gasteiger partial charge on any atom is -0.481 e. The molecular weight excluding hydrogens is 352 g/mol. The fraction of sp³-hybridized carbons (Fsp3) is 0.292. The summed E-state index contributed by atoms with van der Waals surface area (Å²) in [6, 6.07) is 20.4. The summed E-state index contributed by atoms with van der Waals surface area (Å²) in [5.41, 5.74) is 3.63. The van der Waals surface area contributed by atoms with E-state index in [-0.39, 0.29) is 18.1 Å². The van der Waals surface area contributed by atoms with Crippen molar-refractivity contribution in [2.75, 3.05) is 13.2 Å². The second-order valence-corrected chi connectivity index (χ2v) is 6.18. The molecule has 0 amide bonds. The van der Waals surface area contributed by atoms with Crippen LogP contribution in [0.5, 0.6) is 0 Å². The first kappa shape index (κ1) is 21.3. The Hall–Kier alpha value is -3.01. The van der Waals surface area contributed by atoms with Gasteiger partial charge in [-0.1, -0.05) is 66.7 Å². The quantitative estimate of drug-likeness (QED) is 0.250. The molecule has 0 saturated carbocycles. The van der Waals surface area contributed by atoms with Gasteiger partial charge in [-0.2, -0.15) is 0 Å². The zero-order valence-corrected chi connectivity index (χ0v) is 16.6. The Kier molecular flexibility index (Phi) is 8.86. The molecule has 0 fully saturated rings. The van der Waals surface area contributed by atoms with Crippen molar-refractivity contribution in [1.82, 2.24) is 0 Å². The van der Waals surface area contributed by atoms with Crippen LogP contribution in [0.25, 0.3) is 5.57 Å². The molecule has 0 radical (unpaired) electrons. The monoisotopic (exact) mass is 380 g/mol. The fourth-order valence-electron chi connectivity index (χ4n) is 2.90. The lowest BCUT2D eigenvalue weighted by atomic mass is 9.96. The summed E-state index contributed by atoms with van der Waals surface area (Å²) in [4.78, 5) is 12.1. The Morgan fingerprint density at radius 3 is 1.93 bits per heavy atom. The second-order valence-electron chi connectivity index (χ2n) is 6.18. The van der Waals surface area contributed by atoms with Gasteiger partial charge < -0.3 is 14.6 Å². The number of ether oxygens (including phenoxy) is 2. The van der Waals surface area contributed by atoms with Gasteiger partial charge in [0, 0.05) is 0 Å². The molecule has 0 bridgehead atoms. The molecule has 0 spiro atoms. The van der Waals surface area contributed by atoms with Gasteiger partial charge in [0.25, 0.3) is 5.95 Å². The van der Waals surface area contributed by atoms with E-state index in [1.165, 1.54) is 0 Å². The minimum atomic E-state index is -0.524. The van der Waals surface area contributed by atoms with Crippen molar-refractivity contribution in [2.24, 2.45) is 0 Å². The average molecular weight is 380 g/mol. The van der Waals surface area contributed by atoms with Crippen LogP contribution < -0.4 is 0 Å². The van der Waals surface area contributed by atoms with E-state index in [9.17, 15) is 9.90 Å². The molecule has 1 N–H and O–H groups in total. The highest BCUT2D eigenvalue weighted by molar-refractivity contribution is 5.88. The highest BCUT2D eigenvalue weighted by atomic mass is 16.6. The number of aliphatic hydroxyl groups is 1. The van der Waals surface area contributed by atoms with E-state index >= 15 is 0 Å². The Morgan fingerprint density at radius 1 is 0.893 bits per heavy atom. The van der Waals surface area contributed by atoms with Crippen LogP contribution in [0.4, 0.5) is 0 Å². The topological polar surface area (TPSA) is 55.8 Å². The number of rotatable bonds is 10. The third-order valence-corrected chi connectivity index (χ3v) is 4.21. The molecule has 0 aliphatic carbocycles. The molecule has 4 heteroatoms. The van der Waals surface area contributed by atoms with Gasteiger partial charge in [-0.15, -0.1) is 0 Å². The molecule has 0 heterocycles. The Morgan fingerprint density at radius 2 is 1.43 bits per heavy atom. The van der Waals surface area contributed by atoms with Crippen molar-refractivity contribution < 1.29 is 19.4 Å². The number of carbonyl (C=O) groups is 1. The van der Waals surface area contributed by atoms with E-state index in [4.69, 9.17) is 9.47 Å². The number of hydrogen-bond donors (Lipinski definition) is 1. The maximum absolute atomic E-state index is 12.1. The summed E-state index contributed by atoms with van der Waals surface area (Å²) < 4.78 is 10.1. The SMILES string of the molecule is CCOC(=O)/C(CCCC=C(c1ccccc1)c1ccccc1)=C(/O)OCC. The summed E-state index contributed by atoms with van der Waals surface area (Å²) in [5.74, 6) is -0.861. The molecule has 0 saturated heterocycles. The predicted octanol–water partition coefficient (Wildman–Crippen LogP) is 5.66. The van der Waals surface area contributed by atoms with Crippen molar-refractivity contribution in [3.63, 3.8) is 0 Å². The van der Waals surface area contributed by atoms with E-state index < -0.39 is 5.97 Å². The minimum absolute atomic E-state index is 0.193. The highest BCUT2D eigenvalue weighted by Crippen LogP contribution is 2.25. The number of unbranched alkanes of at least 4 members (excludes halogenated alkanes) is 1. The maximum Gasteiger partial charge on any atom is 0.341 e. The standard InChI is InChI=1S/C24H28O4/c1-3-27-23(25)22(24(26)28-4-2)18-12-11-17-21(19-13-7-5-8-14-19)20-15-9-6-10-16-20/h5-10,13-17,25H,3-4,11-12,18H2,1-2H3/b23-22-. The smallest absolute Gasteiger partial charge is 0.341 e. The summed E-state index contributed by atoms with van der Waals surface area (Å²) >= 11 is 0. The van der Waals surface area contributed by atoms with Crippen molar-refractivity contribution in [3.8, 4) is 0 Å². The normalized spacial score (nSPS) is 11.4. The van der Waals surface area contributed by atoms with Gasteiger partial charge in [0.05, 0.1) is 13.2 Å². The van der Waals surface area contributed by atoms with E-state index in [0.29, 0.717) is 19.4 Å². The van der Waals surface area contributed by atoms with Crippen LogP contribution in [0.15, 0.2) is 78.3 Å². The molecule has 2 rings (SSSR count). The summed E-state index contributed by atoms with van der Waals surface area (Å²) in [7, 11) is 0. The van der Waals surface area contributed by atoms with Gasteiger partial charge in [-0.05, 0) is 49.8 Å². The summed E-state index contributed by atoms with van der Waals surface area (Å²) in [6.07, 6.45) is 4.00. The number of allylic oxidation sites excluding steroid dienone is 1. The molecule has 148 valence electrons. The molecular formula is C24H28O4. The molecule has 2 aromatic rings. The van der Waals surface area contributed by atoms with E-state index in [1.54, 1.807) is 13.8 Å². The van der Waals surface area contributed by atoms with Crippen molar-refractivity contribution in [1.29, 1.82) is 0 Å². The zero-order valence-electron chi connectivity index (χ0n) is 16.6. The van der Waals surface area contributed by atoms with Crippen molar-refractivity contribution in [2.45, 2.75) is 33.1 Å². The lowest BCUT2D eigenvalue weighted by Crippen LogP contribution is -2.12. The Balaban J connectivity index is 2.14. The molecule has 0 unspecified atom stereocenters. The Bertz CT molecular complexity index is 750. The molecule has 28 heavy (non-hydrogen) atoms. The summed E-state index contributed by atoms with van der Waals surface area (Å²) in [6.45, 7) is 4.05. The van der Waals surface area contributed by atoms with Gasteiger partial charge in [-0.25, -0.2) is 4.79 Å². The second kappa shape index (κ2) is 11.7. The van der Waals surface area contributed by atoms with Crippen molar-refractivity contribution in [3.05, 3.63) is 89.4 Å². The molecule has 0 aromatic heterocycles. The predicted molar refractivity (Wildman–Crippen MR) is 112 cm³/mol. The fourth-order valence-corrected chi connectivity index (χ4v) is 2.90. The van der Waals surface area contributed by atoms with Crippen LogP contribution >= 0.6 is 0 Å². The van der Waals surface area contributed by atoms with Gasteiger partial charge in [0.15, 0.2) is 0 Å². The lowest BCUT2D eigenvalue weighted by Gasteiger charge is -2.11. The first-order valence-corrected chi connectivity index (χ1v) is 9.70. The number of hydrogen-bond acceptors (Lipinski definition) is 4. The zero-order chi connectivity index (χ0) is 20.2. The molecule has 4 nitrogen and oxygen atoms in total. The lowest BCUT2D eigenvalue weighted by molar-refractivity contribution is -0.139. The van der Waals surface area contributed by atoms with Crippen LogP contribution in [0.2, 0.25) is 0 Å². The Labute approximate surface area is 167 Å². The van der Waals surface area contributed by atoms with Crippen molar-refractivity contribution >= 4 is 11.5 Å². The van der Waals surface area contributed by atoms with E-state index in [2.05, 4.69) is 30.3 Å². The number of benzene rings is 2. The number of esters is 1.